The molecule has 7 nitrogen and oxygen atoms in total. The van der Waals surface area contributed by atoms with Crippen molar-refractivity contribution in [3.05, 3.63) is 41.2 Å². The number of hydrogen-bond donors (Lipinski definition) is 1. The number of ether oxygens (including phenoxy) is 1. The molecule has 1 fully saturated rings. The fourth-order valence-corrected chi connectivity index (χ4v) is 3.61. The number of para-hydroxylation sites is 2. The molecule has 7 heteroatoms. The molecule has 1 aromatic heterocycles. The number of nitrogens with zero attached hydrogens (tertiary/aromatic N) is 3. The van der Waals surface area contributed by atoms with Gasteiger partial charge in [0, 0.05) is 32.1 Å². The fourth-order valence-electron chi connectivity index (χ4n) is 3.61. The van der Waals surface area contributed by atoms with Crippen LogP contribution in [-0.4, -0.2) is 41.3 Å². The van der Waals surface area contributed by atoms with Crippen molar-refractivity contribution in [1.29, 1.82) is 0 Å². The number of aromatic nitrogens is 2. The van der Waals surface area contributed by atoms with Gasteiger partial charge in [-0.25, -0.2) is 0 Å². The molecule has 0 radical (unpaired) electrons. The summed E-state index contributed by atoms with van der Waals surface area (Å²) in [6.07, 6.45) is 1.33. The highest BCUT2D eigenvalue weighted by Crippen LogP contribution is 2.31. The van der Waals surface area contributed by atoms with Crippen LogP contribution in [0.3, 0.4) is 0 Å². The summed E-state index contributed by atoms with van der Waals surface area (Å²) in [5.74, 6) is 0.599. The molecule has 3 rings (SSSR count). The number of rotatable bonds is 6. The van der Waals surface area contributed by atoms with Crippen LogP contribution in [0.4, 0.5) is 5.69 Å². The van der Waals surface area contributed by atoms with E-state index in [0.717, 1.165) is 22.6 Å². The molecular weight excluding hydrogens is 344 g/mol. The van der Waals surface area contributed by atoms with Crippen LogP contribution in [0.5, 0.6) is 5.75 Å². The summed E-state index contributed by atoms with van der Waals surface area (Å²) in [6.45, 7) is 4.42. The Morgan fingerprint density at radius 2 is 2.07 bits per heavy atom. The maximum atomic E-state index is 12.4. The molecule has 0 bridgehead atoms. The van der Waals surface area contributed by atoms with Crippen molar-refractivity contribution in [2.45, 2.75) is 39.2 Å². The third kappa shape index (κ3) is 3.97. The standard InChI is InChI=1S/C20H26N4O3/c1-13-16(14(2)23(3)22-13)9-10-19(25)21-15-11-20(26)24(12-15)17-7-5-6-8-18(17)27-4/h5-8,15H,9-12H2,1-4H3,(H,21,25)/t15-/m0/s1. The molecule has 1 atom stereocenters. The van der Waals surface area contributed by atoms with E-state index in [-0.39, 0.29) is 17.9 Å². The van der Waals surface area contributed by atoms with Crippen molar-refractivity contribution in [3.63, 3.8) is 0 Å². The highest BCUT2D eigenvalue weighted by Gasteiger charge is 2.32. The number of hydrogen-bond acceptors (Lipinski definition) is 4. The van der Waals surface area contributed by atoms with Gasteiger partial charge in [0.2, 0.25) is 11.8 Å². The second-order valence-corrected chi connectivity index (χ2v) is 6.92. The van der Waals surface area contributed by atoms with Gasteiger partial charge in [-0.15, -0.1) is 0 Å². The first-order valence-corrected chi connectivity index (χ1v) is 9.12. The lowest BCUT2D eigenvalue weighted by Crippen LogP contribution is -2.37. The van der Waals surface area contributed by atoms with E-state index in [1.54, 1.807) is 12.0 Å². The third-order valence-corrected chi connectivity index (χ3v) is 5.13. The van der Waals surface area contributed by atoms with E-state index in [0.29, 0.717) is 31.6 Å². The molecule has 1 aliphatic heterocycles. The molecule has 0 unspecified atom stereocenters. The van der Waals surface area contributed by atoms with Gasteiger partial charge in [-0.2, -0.15) is 5.10 Å². The number of carbonyl (C=O) groups excluding carboxylic acids is 2. The second kappa shape index (κ2) is 7.82. The van der Waals surface area contributed by atoms with Crippen LogP contribution in [0.15, 0.2) is 24.3 Å². The van der Waals surface area contributed by atoms with Crippen molar-refractivity contribution in [2.75, 3.05) is 18.6 Å². The molecule has 0 aliphatic carbocycles. The first kappa shape index (κ1) is 18.9. The Morgan fingerprint density at radius 3 is 2.74 bits per heavy atom. The van der Waals surface area contributed by atoms with Crippen molar-refractivity contribution >= 4 is 17.5 Å². The average molecular weight is 370 g/mol. The normalized spacial score (nSPS) is 16.7. The summed E-state index contributed by atoms with van der Waals surface area (Å²) in [5.41, 5.74) is 3.90. The van der Waals surface area contributed by atoms with Crippen molar-refractivity contribution < 1.29 is 14.3 Å². The minimum atomic E-state index is -0.189. The molecule has 2 heterocycles. The quantitative estimate of drug-likeness (QED) is 0.843. The summed E-state index contributed by atoms with van der Waals surface area (Å²) < 4.78 is 7.18. The molecule has 0 spiro atoms. The molecule has 1 N–H and O–H groups in total. The maximum absolute atomic E-state index is 12.4. The lowest BCUT2D eigenvalue weighted by Gasteiger charge is -2.19. The number of nitrogens with one attached hydrogen (secondary N) is 1. The first-order chi connectivity index (χ1) is 12.9. The molecule has 144 valence electrons. The second-order valence-electron chi connectivity index (χ2n) is 6.92. The third-order valence-electron chi connectivity index (χ3n) is 5.13. The van der Waals surface area contributed by atoms with Crippen LogP contribution in [0, 0.1) is 13.8 Å². The zero-order chi connectivity index (χ0) is 19.6. The minimum Gasteiger partial charge on any atom is -0.495 e. The fraction of sp³-hybridized carbons (Fsp3) is 0.450. The Morgan fingerprint density at radius 1 is 1.33 bits per heavy atom. The molecular formula is C20H26N4O3. The van der Waals surface area contributed by atoms with Crippen LogP contribution in [0.25, 0.3) is 0 Å². The highest BCUT2D eigenvalue weighted by atomic mass is 16.5. The predicted molar refractivity (Wildman–Crippen MR) is 103 cm³/mol. The number of carbonyl (C=O) groups is 2. The van der Waals surface area contributed by atoms with E-state index in [1.165, 1.54) is 0 Å². The summed E-state index contributed by atoms with van der Waals surface area (Å²) in [7, 11) is 3.49. The molecule has 1 saturated heterocycles. The molecule has 1 aromatic carbocycles. The predicted octanol–water partition coefficient (Wildman–Crippen LogP) is 1.90. The first-order valence-electron chi connectivity index (χ1n) is 9.12. The van der Waals surface area contributed by atoms with Crippen LogP contribution >= 0.6 is 0 Å². The minimum absolute atomic E-state index is 0.0104. The largest absolute Gasteiger partial charge is 0.495 e. The molecule has 0 saturated carbocycles. The Kier molecular flexibility index (Phi) is 5.48. The zero-order valence-electron chi connectivity index (χ0n) is 16.3. The van der Waals surface area contributed by atoms with Crippen molar-refractivity contribution in [3.8, 4) is 5.75 Å². The summed E-state index contributed by atoms with van der Waals surface area (Å²) in [6, 6.07) is 7.23. The zero-order valence-corrected chi connectivity index (χ0v) is 16.3. The van der Waals surface area contributed by atoms with Gasteiger partial charge >= 0.3 is 0 Å². The maximum Gasteiger partial charge on any atom is 0.229 e. The Balaban J connectivity index is 1.59. The Labute approximate surface area is 159 Å². The van der Waals surface area contributed by atoms with Crippen molar-refractivity contribution in [1.82, 2.24) is 15.1 Å². The summed E-state index contributed by atoms with van der Waals surface area (Å²) >= 11 is 0. The molecule has 2 amide bonds. The number of anilines is 1. The molecule has 27 heavy (non-hydrogen) atoms. The number of amides is 2. The number of aryl methyl sites for hydroxylation is 2. The molecule has 2 aromatic rings. The van der Waals surface area contributed by atoms with Gasteiger partial charge in [0.15, 0.2) is 0 Å². The smallest absolute Gasteiger partial charge is 0.229 e. The SMILES string of the molecule is COc1ccccc1N1C[C@@H](NC(=O)CCc2c(C)nn(C)c2C)CC1=O. The van der Waals surface area contributed by atoms with Gasteiger partial charge in [0.05, 0.1) is 24.5 Å². The average Bonchev–Trinajstić information content (AvgIpc) is 3.12. The Hall–Kier alpha value is -2.83. The summed E-state index contributed by atoms with van der Waals surface area (Å²) in [4.78, 5) is 26.5. The van der Waals surface area contributed by atoms with Crippen LogP contribution in [0.1, 0.15) is 29.8 Å². The van der Waals surface area contributed by atoms with Crippen LogP contribution < -0.4 is 15.0 Å². The van der Waals surface area contributed by atoms with E-state index < -0.39 is 0 Å². The lowest BCUT2D eigenvalue weighted by atomic mass is 10.1. The van der Waals surface area contributed by atoms with Crippen molar-refractivity contribution in [2.24, 2.45) is 7.05 Å². The van der Waals surface area contributed by atoms with Gasteiger partial charge in [-0.1, -0.05) is 12.1 Å². The van der Waals surface area contributed by atoms with Gasteiger partial charge in [0.25, 0.3) is 0 Å². The number of benzene rings is 1. The highest BCUT2D eigenvalue weighted by molar-refractivity contribution is 5.98. The van der Waals surface area contributed by atoms with Crippen LogP contribution in [0.2, 0.25) is 0 Å². The topological polar surface area (TPSA) is 76.5 Å². The van der Waals surface area contributed by atoms with Gasteiger partial charge in [-0.3, -0.25) is 14.3 Å². The van der Waals surface area contributed by atoms with E-state index in [2.05, 4.69) is 10.4 Å². The summed E-state index contributed by atoms with van der Waals surface area (Å²) in [5, 5.41) is 7.38. The van der Waals surface area contributed by atoms with E-state index in [4.69, 9.17) is 4.74 Å². The van der Waals surface area contributed by atoms with Crippen LogP contribution in [-0.2, 0) is 23.1 Å². The number of methoxy groups -OCH3 is 1. The van der Waals surface area contributed by atoms with E-state index in [9.17, 15) is 9.59 Å². The van der Waals surface area contributed by atoms with E-state index in [1.807, 2.05) is 49.8 Å². The Bertz CT molecular complexity index is 859. The monoisotopic (exact) mass is 370 g/mol. The molecule has 1 aliphatic rings. The van der Waals surface area contributed by atoms with E-state index >= 15 is 0 Å². The van der Waals surface area contributed by atoms with Gasteiger partial charge in [-0.05, 0) is 38.0 Å². The lowest BCUT2D eigenvalue weighted by molar-refractivity contribution is -0.121. The van der Waals surface area contributed by atoms with Gasteiger partial charge < -0.3 is 15.0 Å². The van der Waals surface area contributed by atoms with Gasteiger partial charge in [0.1, 0.15) is 5.75 Å².